The van der Waals surface area contributed by atoms with Crippen LogP contribution in [-0.2, 0) is 4.79 Å². The summed E-state index contributed by atoms with van der Waals surface area (Å²) in [5, 5.41) is 2.84. The van der Waals surface area contributed by atoms with Gasteiger partial charge in [0, 0.05) is 17.9 Å². The molecular weight excluding hydrogens is 404 g/mol. The summed E-state index contributed by atoms with van der Waals surface area (Å²) in [6.45, 7) is 2.20. The largest absolute Gasteiger partial charge is 0.497 e. The Morgan fingerprint density at radius 1 is 1.23 bits per heavy atom. The van der Waals surface area contributed by atoms with Gasteiger partial charge in [0.2, 0.25) is 5.91 Å². The zero-order valence-corrected chi connectivity index (χ0v) is 16.7. The second-order valence-electron chi connectivity index (χ2n) is 7.35. The molecule has 1 fully saturated rings. The van der Waals surface area contributed by atoms with Gasteiger partial charge in [-0.05, 0) is 36.6 Å². The second kappa shape index (κ2) is 8.49. The minimum atomic E-state index is -4.43. The van der Waals surface area contributed by atoms with Crippen molar-refractivity contribution in [3.8, 4) is 11.5 Å². The first kappa shape index (κ1) is 21.9. The van der Waals surface area contributed by atoms with Gasteiger partial charge < -0.3 is 14.8 Å². The summed E-state index contributed by atoms with van der Waals surface area (Å²) in [5.74, 6) is -0.862. The minimum Gasteiger partial charge on any atom is -0.497 e. The highest BCUT2D eigenvalue weighted by atomic mass is 19.4. The van der Waals surface area contributed by atoms with E-state index in [1.54, 1.807) is 19.1 Å². The highest BCUT2D eigenvalue weighted by Crippen LogP contribution is 2.54. The number of nitrogens with one attached hydrogen (secondary N) is 1. The number of halogens is 4. The number of benzene rings is 1. The molecule has 1 aliphatic carbocycles. The van der Waals surface area contributed by atoms with Crippen molar-refractivity contribution in [2.24, 2.45) is 11.8 Å². The number of aromatic nitrogens is 1. The first-order chi connectivity index (χ1) is 14.1. The molecule has 9 heteroatoms. The van der Waals surface area contributed by atoms with Crippen molar-refractivity contribution in [3.63, 3.8) is 0 Å². The maximum Gasteiger partial charge on any atom is 0.422 e. The van der Waals surface area contributed by atoms with Gasteiger partial charge in [-0.25, -0.2) is 4.39 Å². The van der Waals surface area contributed by atoms with Gasteiger partial charge >= 0.3 is 6.18 Å². The molecule has 0 aliphatic heterocycles. The van der Waals surface area contributed by atoms with Gasteiger partial charge in [0.05, 0.1) is 25.0 Å². The molecular formula is C21H22F4N2O3. The third-order valence-electron chi connectivity index (χ3n) is 5.21. The molecule has 0 saturated heterocycles. The van der Waals surface area contributed by atoms with E-state index < -0.39 is 24.6 Å². The minimum absolute atomic E-state index is 0.0135. The molecule has 0 spiro atoms. The highest BCUT2D eigenvalue weighted by molar-refractivity contribution is 5.84. The summed E-state index contributed by atoms with van der Waals surface area (Å²) in [7, 11) is 1.45. The van der Waals surface area contributed by atoms with Gasteiger partial charge in [-0.15, -0.1) is 0 Å². The Bertz CT molecular complexity index is 902. The Kier molecular flexibility index (Phi) is 6.19. The van der Waals surface area contributed by atoms with E-state index in [1.807, 2.05) is 6.92 Å². The van der Waals surface area contributed by atoms with Gasteiger partial charge in [0.1, 0.15) is 17.3 Å². The number of nitrogens with zero attached hydrogens (tertiary/aromatic N) is 1. The SMILES string of the molecule is COc1ccc([C@@H]2[C@@H](C)[C@H]2C(=O)N[C@@H](C)c2ccc(OCC(F)(F)F)cn2)c(F)c1. The summed E-state index contributed by atoms with van der Waals surface area (Å²) in [6, 6.07) is 6.98. The van der Waals surface area contributed by atoms with Crippen molar-refractivity contribution in [3.05, 3.63) is 53.6 Å². The summed E-state index contributed by atoms with van der Waals surface area (Å²) in [4.78, 5) is 16.7. The standard InChI is InChI=1S/C21H22F4N2O3/c1-11-18(15-6-4-13(29-3)8-16(15)22)19(11)20(28)27-12(2)17-7-5-14(9-26-17)30-10-21(23,24)25/h4-9,11-12,18-19H,10H2,1-3H3,(H,27,28)/t11-,12+,18+,19-/m1/s1. The number of rotatable bonds is 7. The number of hydrogen-bond donors (Lipinski definition) is 1. The lowest BCUT2D eigenvalue weighted by atomic mass is 10.1. The second-order valence-corrected chi connectivity index (χ2v) is 7.35. The van der Waals surface area contributed by atoms with Crippen LogP contribution in [0, 0.1) is 17.7 Å². The Morgan fingerprint density at radius 3 is 2.50 bits per heavy atom. The van der Waals surface area contributed by atoms with Crippen LogP contribution in [0.2, 0.25) is 0 Å². The highest BCUT2D eigenvalue weighted by Gasteiger charge is 2.53. The number of pyridine rings is 1. The fourth-order valence-corrected chi connectivity index (χ4v) is 3.53. The summed E-state index contributed by atoms with van der Waals surface area (Å²) < 4.78 is 60.6. The van der Waals surface area contributed by atoms with Crippen molar-refractivity contribution >= 4 is 5.91 Å². The number of methoxy groups -OCH3 is 1. The van der Waals surface area contributed by atoms with Crippen LogP contribution in [0.4, 0.5) is 17.6 Å². The topological polar surface area (TPSA) is 60.5 Å². The maximum atomic E-state index is 14.3. The van der Waals surface area contributed by atoms with Crippen molar-refractivity contribution in [1.29, 1.82) is 0 Å². The number of carbonyl (C=O) groups excluding carboxylic acids is 1. The van der Waals surface area contributed by atoms with Crippen LogP contribution in [0.25, 0.3) is 0 Å². The molecule has 162 valence electrons. The summed E-state index contributed by atoms with van der Waals surface area (Å²) in [5.41, 5.74) is 0.948. The predicted octanol–water partition coefficient (Wildman–Crippen LogP) is 4.40. The molecule has 1 heterocycles. The average molecular weight is 426 g/mol. The average Bonchev–Trinajstić information content (AvgIpc) is 3.36. The van der Waals surface area contributed by atoms with E-state index in [2.05, 4.69) is 15.0 Å². The van der Waals surface area contributed by atoms with E-state index in [1.165, 1.54) is 31.5 Å². The number of carbonyl (C=O) groups is 1. The number of alkyl halides is 3. The van der Waals surface area contributed by atoms with Crippen LogP contribution in [0.15, 0.2) is 36.5 Å². The van der Waals surface area contributed by atoms with Crippen LogP contribution in [0.3, 0.4) is 0 Å². The fourth-order valence-electron chi connectivity index (χ4n) is 3.53. The zero-order valence-electron chi connectivity index (χ0n) is 16.7. The van der Waals surface area contributed by atoms with Crippen molar-refractivity contribution in [1.82, 2.24) is 10.3 Å². The third kappa shape index (κ3) is 5.01. The van der Waals surface area contributed by atoms with Gasteiger partial charge in [-0.3, -0.25) is 9.78 Å². The lowest BCUT2D eigenvalue weighted by Crippen LogP contribution is -2.29. The van der Waals surface area contributed by atoms with Gasteiger partial charge in [-0.2, -0.15) is 13.2 Å². The van der Waals surface area contributed by atoms with E-state index in [-0.39, 0.29) is 29.4 Å². The van der Waals surface area contributed by atoms with Crippen LogP contribution >= 0.6 is 0 Å². The molecule has 0 radical (unpaired) electrons. The molecule has 1 aliphatic rings. The first-order valence-electron chi connectivity index (χ1n) is 9.40. The molecule has 3 rings (SSSR count). The molecule has 4 atom stereocenters. The van der Waals surface area contributed by atoms with Crippen LogP contribution in [0.1, 0.15) is 37.1 Å². The summed E-state index contributed by atoms with van der Waals surface area (Å²) in [6.07, 6.45) is -3.25. The van der Waals surface area contributed by atoms with Gasteiger partial charge in [-0.1, -0.05) is 13.0 Å². The lowest BCUT2D eigenvalue weighted by molar-refractivity contribution is -0.153. The zero-order chi connectivity index (χ0) is 22.1. The fraction of sp³-hybridized carbons (Fsp3) is 0.429. The van der Waals surface area contributed by atoms with Crippen molar-refractivity contribution in [2.75, 3.05) is 13.7 Å². The Morgan fingerprint density at radius 2 is 1.93 bits per heavy atom. The van der Waals surface area contributed by atoms with Crippen LogP contribution in [0.5, 0.6) is 11.5 Å². The van der Waals surface area contributed by atoms with Gasteiger partial charge in [0.15, 0.2) is 6.61 Å². The third-order valence-corrected chi connectivity index (χ3v) is 5.21. The van der Waals surface area contributed by atoms with E-state index in [4.69, 9.17) is 4.74 Å². The molecule has 0 bridgehead atoms. The quantitative estimate of drug-likeness (QED) is 0.667. The first-order valence-corrected chi connectivity index (χ1v) is 9.40. The Hall–Kier alpha value is -2.84. The molecule has 1 aromatic carbocycles. The normalized spacial score (nSPS) is 21.6. The van der Waals surface area contributed by atoms with Crippen LogP contribution in [-0.4, -0.2) is 30.8 Å². The number of amides is 1. The smallest absolute Gasteiger partial charge is 0.422 e. The predicted molar refractivity (Wildman–Crippen MR) is 101 cm³/mol. The van der Waals surface area contributed by atoms with E-state index in [0.29, 0.717) is 17.0 Å². The molecule has 0 unspecified atom stereocenters. The monoisotopic (exact) mass is 426 g/mol. The van der Waals surface area contributed by atoms with Crippen LogP contribution < -0.4 is 14.8 Å². The number of ether oxygens (including phenoxy) is 2. The molecule has 5 nitrogen and oxygen atoms in total. The van der Waals surface area contributed by atoms with E-state index in [9.17, 15) is 22.4 Å². The summed E-state index contributed by atoms with van der Waals surface area (Å²) >= 11 is 0. The number of hydrogen-bond acceptors (Lipinski definition) is 4. The molecule has 2 aromatic rings. The molecule has 1 amide bonds. The van der Waals surface area contributed by atoms with Crippen molar-refractivity contribution < 1.29 is 31.8 Å². The Balaban J connectivity index is 1.59. The Labute approximate surface area is 171 Å². The van der Waals surface area contributed by atoms with E-state index in [0.717, 1.165) is 0 Å². The van der Waals surface area contributed by atoms with E-state index >= 15 is 0 Å². The molecule has 30 heavy (non-hydrogen) atoms. The lowest BCUT2D eigenvalue weighted by Gasteiger charge is -2.15. The molecule has 1 N–H and O–H groups in total. The van der Waals surface area contributed by atoms with Crippen molar-refractivity contribution in [2.45, 2.75) is 32.0 Å². The van der Waals surface area contributed by atoms with Gasteiger partial charge in [0.25, 0.3) is 0 Å². The molecule has 1 aromatic heterocycles. The molecule has 1 saturated carbocycles. The maximum absolute atomic E-state index is 14.3.